The Kier molecular flexibility index (Phi) is 4.36. The van der Waals surface area contributed by atoms with Gasteiger partial charge in [0.1, 0.15) is 0 Å². The summed E-state index contributed by atoms with van der Waals surface area (Å²) in [5, 5.41) is 18.7. The van der Waals surface area contributed by atoms with E-state index in [-0.39, 0.29) is 12.6 Å². The Hall–Kier alpha value is -1.63. The number of nitrogens with one attached hydrogen (secondary N) is 2. The van der Waals surface area contributed by atoms with E-state index in [2.05, 4.69) is 20.8 Å². The molecular formula is C12H20N4O3. The summed E-state index contributed by atoms with van der Waals surface area (Å²) in [7, 11) is 0. The fourth-order valence-electron chi connectivity index (χ4n) is 2.38. The summed E-state index contributed by atoms with van der Waals surface area (Å²) < 4.78 is 4.95. The van der Waals surface area contributed by atoms with Crippen LogP contribution in [-0.4, -0.2) is 40.0 Å². The lowest BCUT2D eigenvalue weighted by Crippen LogP contribution is -2.53. The molecule has 19 heavy (non-hydrogen) atoms. The molecule has 0 bridgehead atoms. The van der Waals surface area contributed by atoms with Gasteiger partial charge in [0.25, 0.3) is 0 Å². The van der Waals surface area contributed by atoms with Crippen molar-refractivity contribution in [2.24, 2.45) is 0 Å². The van der Waals surface area contributed by atoms with Gasteiger partial charge < -0.3 is 20.3 Å². The number of aromatic nitrogens is 2. The lowest BCUT2D eigenvalue weighted by molar-refractivity contribution is 0.163. The molecule has 3 N–H and O–H groups in total. The molecule has 0 aliphatic heterocycles. The van der Waals surface area contributed by atoms with Crippen molar-refractivity contribution in [3.63, 3.8) is 0 Å². The van der Waals surface area contributed by atoms with Crippen molar-refractivity contribution in [1.82, 2.24) is 20.8 Å². The Morgan fingerprint density at radius 2 is 2.21 bits per heavy atom. The average Bonchev–Trinajstić information content (AvgIpc) is 2.99. The maximum Gasteiger partial charge on any atom is 0.315 e. The number of aryl methyl sites for hydroxylation is 1. The van der Waals surface area contributed by atoms with Gasteiger partial charge in [-0.3, -0.25) is 0 Å². The number of carbonyl (C=O) groups excluding carboxylic acids is 1. The number of aliphatic hydroxyl groups excluding tert-OH is 1. The van der Waals surface area contributed by atoms with Crippen LogP contribution in [0.25, 0.3) is 0 Å². The van der Waals surface area contributed by atoms with Crippen molar-refractivity contribution >= 4 is 6.03 Å². The van der Waals surface area contributed by atoms with Gasteiger partial charge in [0, 0.05) is 13.0 Å². The van der Waals surface area contributed by atoms with Crippen LogP contribution in [0.4, 0.5) is 4.79 Å². The third kappa shape index (κ3) is 3.66. The van der Waals surface area contributed by atoms with E-state index in [4.69, 9.17) is 4.52 Å². The van der Waals surface area contributed by atoms with Crippen LogP contribution in [0.1, 0.15) is 37.4 Å². The summed E-state index contributed by atoms with van der Waals surface area (Å²) >= 11 is 0. The minimum atomic E-state index is -0.439. The maximum absolute atomic E-state index is 11.8. The normalized spacial score (nSPS) is 17.4. The molecule has 0 spiro atoms. The molecule has 0 atom stereocenters. The first-order chi connectivity index (χ1) is 9.13. The standard InChI is InChI=1S/C12H20N4O3/c1-9-14-10(19-16-9)4-7-13-11(18)15-12(8-17)5-2-3-6-12/h17H,2-8H2,1H3,(H2,13,15,18). The first-order valence-electron chi connectivity index (χ1n) is 6.60. The minimum absolute atomic E-state index is 0.0106. The molecule has 2 amide bonds. The number of hydrogen-bond donors (Lipinski definition) is 3. The zero-order valence-electron chi connectivity index (χ0n) is 11.1. The van der Waals surface area contributed by atoms with Crippen molar-refractivity contribution in [2.45, 2.75) is 44.6 Å². The number of amides is 2. The molecule has 0 aromatic carbocycles. The van der Waals surface area contributed by atoms with Crippen molar-refractivity contribution in [3.05, 3.63) is 11.7 Å². The van der Waals surface area contributed by atoms with E-state index >= 15 is 0 Å². The van der Waals surface area contributed by atoms with Gasteiger partial charge >= 0.3 is 6.03 Å². The highest BCUT2D eigenvalue weighted by Crippen LogP contribution is 2.28. The van der Waals surface area contributed by atoms with Crippen LogP contribution in [0.15, 0.2) is 4.52 Å². The summed E-state index contributed by atoms with van der Waals surface area (Å²) in [6.07, 6.45) is 4.25. The average molecular weight is 268 g/mol. The van der Waals surface area contributed by atoms with Crippen molar-refractivity contribution < 1.29 is 14.4 Å². The van der Waals surface area contributed by atoms with E-state index in [0.717, 1.165) is 25.7 Å². The van der Waals surface area contributed by atoms with Crippen LogP contribution in [0.5, 0.6) is 0 Å². The topological polar surface area (TPSA) is 100 Å². The number of rotatable bonds is 5. The predicted octanol–water partition coefficient (Wildman–Crippen LogP) is 0.525. The lowest BCUT2D eigenvalue weighted by Gasteiger charge is -2.27. The maximum atomic E-state index is 11.8. The Morgan fingerprint density at radius 1 is 1.47 bits per heavy atom. The van der Waals surface area contributed by atoms with Crippen LogP contribution < -0.4 is 10.6 Å². The molecule has 1 aliphatic rings. The van der Waals surface area contributed by atoms with Gasteiger partial charge in [0.15, 0.2) is 5.82 Å². The summed E-state index contributed by atoms with van der Waals surface area (Å²) in [6, 6.07) is -0.257. The summed E-state index contributed by atoms with van der Waals surface area (Å²) in [4.78, 5) is 15.8. The fraction of sp³-hybridized carbons (Fsp3) is 0.750. The zero-order chi connectivity index (χ0) is 13.7. The van der Waals surface area contributed by atoms with Crippen molar-refractivity contribution in [1.29, 1.82) is 0 Å². The summed E-state index contributed by atoms with van der Waals surface area (Å²) in [6.45, 7) is 2.16. The number of hydrogen-bond acceptors (Lipinski definition) is 5. The van der Waals surface area contributed by atoms with Gasteiger partial charge in [-0.05, 0) is 19.8 Å². The summed E-state index contributed by atoms with van der Waals surface area (Å²) in [5.41, 5.74) is -0.439. The Bertz CT molecular complexity index is 426. The SMILES string of the molecule is Cc1noc(CCNC(=O)NC2(CO)CCCC2)n1. The van der Waals surface area contributed by atoms with Crippen molar-refractivity contribution in [2.75, 3.05) is 13.2 Å². The van der Waals surface area contributed by atoms with E-state index < -0.39 is 5.54 Å². The van der Waals surface area contributed by atoms with Gasteiger partial charge in [0.2, 0.25) is 5.89 Å². The molecular weight excluding hydrogens is 248 g/mol. The zero-order valence-corrected chi connectivity index (χ0v) is 11.1. The van der Waals surface area contributed by atoms with Crippen LogP contribution in [0, 0.1) is 6.92 Å². The van der Waals surface area contributed by atoms with Crippen LogP contribution >= 0.6 is 0 Å². The quantitative estimate of drug-likeness (QED) is 0.723. The minimum Gasteiger partial charge on any atom is -0.394 e. The third-order valence-corrected chi connectivity index (χ3v) is 3.44. The molecule has 2 rings (SSSR count). The first-order valence-corrected chi connectivity index (χ1v) is 6.60. The van der Waals surface area contributed by atoms with E-state index in [1.165, 1.54) is 0 Å². The molecule has 0 radical (unpaired) electrons. The third-order valence-electron chi connectivity index (χ3n) is 3.44. The second kappa shape index (κ2) is 6.01. The molecule has 1 aliphatic carbocycles. The molecule has 1 saturated carbocycles. The molecule has 106 valence electrons. The molecule has 0 unspecified atom stereocenters. The highest BCUT2D eigenvalue weighted by molar-refractivity contribution is 5.74. The number of aliphatic hydroxyl groups is 1. The Morgan fingerprint density at radius 3 is 2.79 bits per heavy atom. The molecule has 1 aromatic heterocycles. The van der Waals surface area contributed by atoms with E-state index in [1.807, 2.05) is 0 Å². The van der Waals surface area contributed by atoms with Crippen molar-refractivity contribution in [3.8, 4) is 0 Å². The fourth-order valence-corrected chi connectivity index (χ4v) is 2.38. The van der Waals surface area contributed by atoms with Gasteiger partial charge in [-0.25, -0.2) is 4.79 Å². The second-order valence-corrected chi connectivity index (χ2v) is 5.01. The second-order valence-electron chi connectivity index (χ2n) is 5.01. The number of carbonyl (C=O) groups is 1. The molecule has 7 nitrogen and oxygen atoms in total. The Balaban J connectivity index is 1.72. The molecule has 1 heterocycles. The van der Waals surface area contributed by atoms with Gasteiger partial charge in [-0.1, -0.05) is 18.0 Å². The van der Waals surface area contributed by atoms with Gasteiger partial charge in [-0.15, -0.1) is 0 Å². The van der Waals surface area contributed by atoms with E-state index in [1.54, 1.807) is 6.92 Å². The smallest absolute Gasteiger partial charge is 0.315 e. The molecule has 7 heteroatoms. The molecule has 1 fully saturated rings. The summed E-state index contributed by atoms with van der Waals surface area (Å²) in [5.74, 6) is 1.10. The lowest BCUT2D eigenvalue weighted by atomic mass is 9.99. The van der Waals surface area contributed by atoms with Crippen LogP contribution in [-0.2, 0) is 6.42 Å². The van der Waals surface area contributed by atoms with E-state index in [0.29, 0.717) is 24.7 Å². The van der Waals surface area contributed by atoms with Crippen LogP contribution in [0.2, 0.25) is 0 Å². The monoisotopic (exact) mass is 268 g/mol. The van der Waals surface area contributed by atoms with Gasteiger partial charge in [-0.2, -0.15) is 4.98 Å². The highest BCUT2D eigenvalue weighted by atomic mass is 16.5. The predicted molar refractivity (Wildman–Crippen MR) is 67.6 cm³/mol. The number of urea groups is 1. The van der Waals surface area contributed by atoms with E-state index in [9.17, 15) is 9.90 Å². The number of nitrogens with zero attached hydrogens (tertiary/aromatic N) is 2. The largest absolute Gasteiger partial charge is 0.394 e. The van der Waals surface area contributed by atoms with Crippen LogP contribution in [0.3, 0.4) is 0 Å². The van der Waals surface area contributed by atoms with Gasteiger partial charge in [0.05, 0.1) is 12.1 Å². The first kappa shape index (κ1) is 13.8. The highest BCUT2D eigenvalue weighted by Gasteiger charge is 2.34. The molecule has 1 aromatic rings. The molecule has 0 saturated heterocycles. The Labute approximate surface area is 111 Å².